The molecule has 0 saturated heterocycles. The maximum Gasteiger partial charge on any atom is 0.293 e. The minimum atomic E-state index is -0.958. The van der Waals surface area contributed by atoms with Gasteiger partial charge in [0.05, 0.1) is 17.1 Å². The van der Waals surface area contributed by atoms with Gasteiger partial charge in [-0.1, -0.05) is 0 Å². The zero-order valence-corrected chi connectivity index (χ0v) is 11.4. The monoisotopic (exact) mass is 285 g/mol. The van der Waals surface area contributed by atoms with Gasteiger partial charge in [0.25, 0.3) is 11.6 Å². The highest BCUT2D eigenvalue weighted by Gasteiger charge is 2.32. The maximum absolute atomic E-state index is 13.8. The first-order chi connectivity index (χ1) is 9.13. The SMILES string of the molecule is CN(C(=O)c1c(F)ccc([N+](=O)[O-])c1N)C(C)(C)CO. The number of anilines is 1. The number of amides is 1. The minimum absolute atomic E-state index is 0.355. The van der Waals surface area contributed by atoms with Crippen LogP contribution >= 0.6 is 0 Å². The Bertz CT molecular complexity index is 560. The number of nitrogens with two attached hydrogens (primary N) is 1. The van der Waals surface area contributed by atoms with E-state index in [0.717, 1.165) is 17.0 Å². The van der Waals surface area contributed by atoms with Gasteiger partial charge in [-0.15, -0.1) is 0 Å². The first-order valence-corrected chi connectivity index (χ1v) is 5.75. The van der Waals surface area contributed by atoms with Crippen LogP contribution in [0.4, 0.5) is 15.8 Å². The van der Waals surface area contributed by atoms with Crippen molar-refractivity contribution in [3.8, 4) is 0 Å². The van der Waals surface area contributed by atoms with E-state index in [-0.39, 0.29) is 6.61 Å². The van der Waals surface area contributed by atoms with Crippen molar-refractivity contribution in [3.63, 3.8) is 0 Å². The molecule has 20 heavy (non-hydrogen) atoms. The van der Waals surface area contributed by atoms with Gasteiger partial charge in [-0.05, 0) is 19.9 Å². The van der Waals surface area contributed by atoms with Crippen molar-refractivity contribution in [2.45, 2.75) is 19.4 Å². The maximum atomic E-state index is 13.8. The van der Waals surface area contributed by atoms with E-state index in [2.05, 4.69) is 0 Å². The van der Waals surface area contributed by atoms with E-state index < -0.39 is 39.1 Å². The second kappa shape index (κ2) is 5.41. The molecule has 0 radical (unpaired) electrons. The van der Waals surface area contributed by atoms with Gasteiger partial charge in [-0.25, -0.2) is 4.39 Å². The predicted molar refractivity (Wildman–Crippen MR) is 70.7 cm³/mol. The summed E-state index contributed by atoms with van der Waals surface area (Å²) in [7, 11) is 1.36. The Morgan fingerprint density at radius 2 is 2.10 bits per heavy atom. The van der Waals surface area contributed by atoms with E-state index >= 15 is 0 Å². The second-order valence-corrected chi connectivity index (χ2v) is 4.95. The molecule has 110 valence electrons. The van der Waals surface area contributed by atoms with Crippen LogP contribution in [-0.2, 0) is 0 Å². The molecule has 7 nitrogen and oxygen atoms in total. The summed E-state index contributed by atoms with van der Waals surface area (Å²) in [5, 5.41) is 20.0. The van der Waals surface area contributed by atoms with Gasteiger partial charge in [0.2, 0.25) is 0 Å². The van der Waals surface area contributed by atoms with Crippen molar-refractivity contribution in [1.82, 2.24) is 4.90 Å². The van der Waals surface area contributed by atoms with E-state index in [1.165, 1.54) is 7.05 Å². The molecular weight excluding hydrogens is 269 g/mol. The molecular formula is C12H16FN3O4. The van der Waals surface area contributed by atoms with Crippen LogP contribution in [0.1, 0.15) is 24.2 Å². The first-order valence-electron chi connectivity index (χ1n) is 5.75. The van der Waals surface area contributed by atoms with Gasteiger partial charge in [0.15, 0.2) is 0 Å². The van der Waals surface area contributed by atoms with Gasteiger partial charge in [-0.3, -0.25) is 14.9 Å². The van der Waals surface area contributed by atoms with Crippen molar-refractivity contribution >= 4 is 17.3 Å². The number of nitro groups is 1. The molecule has 0 fully saturated rings. The molecule has 0 aromatic heterocycles. The third-order valence-corrected chi connectivity index (χ3v) is 3.18. The van der Waals surface area contributed by atoms with Crippen LogP contribution in [-0.4, -0.2) is 40.0 Å². The molecule has 0 atom stereocenters. The number of rotatable bonds is 4. The zero-order valence-electron chi connectivity index (χ0n) is 11.4. The van der Waals surface area contributed by atoms with E-state index in [0.29, 0.717) is 0 Å². The van der Waals surface area contributed by atoms with Crippen molar-refractivity contribution in [2.24, 2.45) is 0 Å². The van der Waals surface area contributed by atoms with E-state index in [9.17, 15) is 24.4 Å². The van der Waals surface area contributed by atoms with Crippen LogP contribution in [0.15, 0.2) is 12.1 Å². The lowest BCUT2D eigenvalue weighted by Gasteiger charge is -2.34. The van der Waals surface area contributed by atoms with Crippen LogP contribution in [0.2, 0.25) is 0 Å². The number of benzene rings is 1. The number of carbonyl (C=O) groups excluding carboxylic acids is 1. The molecule has 0 spiro atoms. The summed E-state index contributed by atoms with van der Waals surface area (Å²) in [6.07, 6.45) is 0. The van der Waals surface area contributed by atoms with Gasteiger partial charge in [-0.2, -0.15) is 0 Å². The summed E-state index contributed by atoms with van der Waals surface area (Å²) in [5.74, 6) is -1.78. The Hall–Kier alpha value is -2.22. The molecule has 0 unspecified atom stereocenters. The predicted octanol–water partition coefficient (Wildman–Crippen LogP) is 1.16. The molecule has 8 heteroatoms. The Morgan fingerprint density at radius 3 is 2.55 bits per heavy atom. The van der Waals surface area contributed by atoms with Crippen LogP contribution in [0, 0.1) is 15.9 Å². The average molecular weight is 285 g/mol. The number of nitro benzene ring substituents is 1. The van der Waals surface area contributed by atoms with E-state index in [4.69, 9.17) is 5.73 Å². The second-order valence-electron chi connectivity index (χ2n) is 4.95. The highest BCUT2D eigenvalue weighted by atomic mass is 19.1. The summed E-state index contributed by atoms with van der Waals surface area (Å²) >= 11 is 0. The Kier molecular flexibility index (Phi) is 4.29. The summed E-state index contributed by atoms with van der Waals surface area (Å²) in [6.45, 7) is 2.78. The lowest BCUT2D eigenvalue weighted by atomic mass is 10.0. The summed E-state index contributed by atoms with van der Waals surface area (Å²) < 4.78 is 13.8. The third kappa shape index (κ3) is 2.69. The molecule has 0 bridgehead atoms. The zero-order chi connectivity index (χ0) is 15.7. The fourth-order valence-corrected chi connectivity index (χ4v) is 1.51. The number of aliphatic hydroxyl groups is 1. The molecule has 1 rings (SSSR count). The highest BCUT2D eigenvalue weighted by Crippen LogP contribution is 2.29. The standard InChI is InChI=1S/C12H16FN3O4/c1-12(2,6-17)15(3)11(18)9-7(13)4-5-8(10(9)14)16(19)20/h4-5,17H,6,14H2,1-3H3. The lowest BCUT2D eigenvalue weighted by molar-refractivity contribution is -0.384. The topological polar surface area (TPSA) is 110 Å². The van der Waals surface area contributed by atoms with Crippen molar-refractivity contribution in [1.29, 1.82) is 0 Å². The quantitative estimate of drug-likeness (QED) is 0.490. The van der Waals surface area contributed by atoms with E-state index in [1.54, 1.807) is 13.8 Å². The number of halogens is 1. The summed E-state index contributed by atoms with van der Waals surface area (Å²) in [4.78, 5) is 23.3. The third-order valence-electron chi connectivity index (χ3n) is 3.18. The van der Waals surface area contributed by atoms with Crippen LogP contribution in [0.5, 0.6) is 0 Å². The van der Waals surface area contributed by atoms with Crippen molar-refractivity contribution < 1.29 is 19.2 Å². The Morgan fingerprint density at radius 1 is 1.55 bits per heavy atom. The molecule has 0 aliphatic carbocycles. The van der Waals surface area contributed by atoms with Crippen molar-refractivity contribution in [3.05, 3.63) is 33.6 Å². The Labute approximate surface area is 114 Å². The number of hydrogen-bond acceptors (Lipinski definition) is 5. The number of likely N-dealkylation sites (N-methyl/N-ethyl adjacent to an activating group) is 1. The van der Waals surface area contributed by atoms with Crippen LogP contribution in [0.25, 0.3) is 0 Å². The van der Waals surface area contributed by atoms with Gasteiger partial charge < -0.3 is 15.7 Å². The highest BCUT2D eigenvalue weighted by molar-refractivity contribution is 6.01. The van der Waals surface area contributed by atoms with Crippen LogP contribution in [0.3, 0.4) is 0 Å². The molecule has 0 aliphatic heterocycles. The number of aliphatic hydroxyl groups excluding tert-OH is 1. The fraction of sp³-hybridized carbons (Fsp3) is 0.417. The van der Waals surface area contributed by atoms with E-state index in [1.807, 2.05) is 0 Å². The first kappa shape index (κ1) is 15.8. The molecule has 0 aliphatic rings. The van der Waals surface area contributed by atoms with Crippen molar-refractivity contribution in [2.75, 3.05) is 19.4 Å². The molecule has 1 aromatic rings. The van der Waals surface area contributed by atoms with Gasteiger partial charge >= 0.3 is 0 Å². The van der Waals surface area contributed by atoms with Gasteiger partial charge in [0.1, 0.15) is 17.1 Å². The smallest absolute Gasteiger partial charge is 0.293 e. The van der Waals surface area contributed by atoms with Gasteiger partial charge in [0, 0.05) is 13.1 Å². The largest absolute Gasteiger partial charge is 0.394 e. The number of nitrogens with zero attached hydrogens (tertiary/aromatic N) is 2. The van der Waals surface area contributed by atoms with Crippen LogP contribution < -0.4 is 5.73 Å². The lowest BCUT2D eigenvalue weighted by Crippen LogP contribution is -2.48. The molecule has 1 aromatic carbocycles. The number of nitrogen functional groups attached to an aromatic ring is 1. The molecule has 3 N–H and O–H groups in total. The molecule has 0 heterocycles. The summed E-state index contributed by atoms with van der Waals surface area (Å²) in [5.41, 5.74) is 2.93. The molecule has 1 amide bonds. The summed E-state index contributed by atoms with van der Waals surface area (Å²) in [6, 6.07) is 1.72. The Balaban J connectivity index is 3.36. The molecule has 0 saturated carbocycles. The number of carbonyl (C=O) groups is 1. The fourth-order valence-electron chi connectivity index (χ4n) is 1.51. The normalized spacial score (nSPS) is 11.2. The number of hydrogen-bond donors (Lipinski definition) is 2. The minimum Gasteiger partial charge on any atom is -0.394 e. The average Bonchev–Trinajstić information content (AvgIpc) is 2.37.